The van der Waals surface area contributed by atoms with Crippen molar-refractivity contribution in [2.24, 2.45) is 0 Å². The third-order valence-electron chi connectivity index (χ3n) is 3.94. The summed E-state index contributed by atoms with van der Waals surface area (Å²) in [4.78, 5) is 8.52. The quantitative estimate of drug-likeness (QED) is 0.368. The van der Waals surface area contributed by atoms with Crippen molar-refractivity contribution in [2.45, 2.75) is 38.5 Å². The molecule has 1 aromatic carbocycles. The topological polar surface area (TPSA) is 47.5 Å². The molecular formula is C19H21F6N3O2. The molecule has 30 heavy (non-hydrogen) atoms. The van der Waals surface area contributed by atoms with Gasteiger partial charge < -0.3 is 14.4 Å². The second kappa shape index (κ2) is 9.86. The normalized spacial score (nSPS) is 12.0. The molecule has 2 rings (SSSR count). The Labute approximate surface area is 169 Å². The molecule has 0 aliphatic rings. The summed E-state index contributed by atoms with van der Waals surface area (Å²) in [6.07, 6.45) is -6.46. The van der Waals surface area contributed by atoms with Gasteiger partial charge >= 0.3 is 12.4 Å². The van der Waals surface area contributed by atoms with Gasteiger partial charge in [0.15, 0.2) is 6.61 Å². The van der Waals surface area contributed by atoms with Crippen molar-refractivity contribution in [3.8, 4) is 11.6 Å². The molecule has 0 saturated carbocycles. The molecule has 0 aliphatic heterocycles. The minimum Gasteiger partial charge on any atom is -0.494 e. The van der Waals surface area contributed by atoms with Crippen LogP contribution in [0.25, 0.3) is 0 Å². The molecule has 0 N–H and O–H groups in total. The number of rotatable bonds is 9. The first kappa shape index (κ1) is 23.6. The number of aromatic nitrogens is 2. The van der Waals surface area contributed by atoms with Gasteiger partial charge in [0.1, 0.15) is 11.3 Å². The van der Waals surface area contributed by atoms with E-state index in [-0.39, 0.29) is 5.95 Å². The van der Waals surface area contributed by atoms with Crippen molar-refractivity contribution in [3.63, 3.8) is 0 Å². The van der Waals surface area contributed by atoms with Crippen LogP contribution < -0.4 is 14.4 Å². The molecule has 0 aliphatic carbocycles. The number of nitrogens with zero attached hydrogens (tertiary/aromatic N) is 3. The average Bonchev–Trinajstić information content (AvgIpc) is 2.68. The number of anilines is 2. The molecule has 0 bridgehead atoms. The molecule has 1 aromatic heterocycles. The fourth-order valence-corrected chi connectivity index (χ4v) is 2.41. The third kappa shape index (κ3) is 6.96. The van der Waals surface area contributed by atoms with E-state index in [2.05, 4.69) is 21.6 Å². The van der Waals surface area contributed by atoms with Gasteiger partial charge in [-0.2, -0.15) is 31.3 Å². The average molecular weight is 437 g/mol. The SMILES string of the molecule is CCCCCOc1cccc(N(C)c2ncc(C(F)(F)F)c(OCC(F)(F)F)n2)c1. The van der Waals surface area contributed by atoms with E-state index in [4.69, 9.17) is 4.74 Å². The van der Waals surface area contributed by atoms with Crippen LogP contribution in [0.3, 0.4) is 0 Å². The lowest BCUT2D eigenvalue weighted by atomic mass is 10.2. The summed E-state index contributed by atoms with van der Waals surface area (Å²) >= 11 is 0. The summed E-state index contributed by atoms with van der Waals surface area (Å²) in [6, 6.07) is 6.65. The Balaban J connectivity index is 2.25. The van der Waals surface area contributed by atoms with Gasteiger partial charge in [0.2, 0.25) is 11.8 Å². The molecule has 0 spiro atoms. The predicted molar refractivity (Wildman–Crippen MR) is 98.1 cm³/mol. The molecule has 0 fully saturated rings. The van der Waals surface area contributed by atoms with Gasteiger partial charge in [-0.25, -0.2) is 4.98 Å². The lowest BCUT2D eigenvalue weighted by molar-refractivity contribution is -0.159. The number of unbranched alkanes of at least 4 members (excludes halogenated alkanes) is 2. The van der Waals surface area contributed by atoms with Crippen molar-refractivity contribution < 1.29 is 35.8 Å². The Bertz CT molecular complexity index is 827. The molecule has 166 valence electrons. The maximum Gasteiger partial charge on any atom is 0.423 e. The smallest absolute Gasteiger partial charge is 0.423 e. The van der Waals surface area contributed by atoms with E-state index >= 15 is 0 Å². The van der Waals surface area contributed by atoms with E-state index in [1.807, 2.05) is 0 Å². The van der Waals surface area contributed by atoms with Gasteiger partial charge in [0, 0.05) is 25.0 Å². The highest BCUT2D eigenvalue weighted by molar-refractivity contribution is 5.59. The molecule has 0 unspecified atom stereocenters. The van der Waals surface area contributed by atoms with Gasteiger partial charge in [0.05, 0.1) is 6.61 Å². The number of ether oxygens (including phenoxy) is 2. The minimum absolute atomic E-state index is 0.261. The van der Waals surface area contributed by atoms with E-state index in [1.54, 1.807) is 24.3 Å². The maximum atomic E-state index is 13.1. The van der Waals surface area contributed by atoms with Crippen LogP contribution in [0.15, 0.2) is 30.5 Å². The first-order valence-electron chi connectivity index (χ1n) is 9.11. The summed E-state index contributed by atoms with van der Waals surface area (Å²) in [7, 11) is 1.46. The van der Waals surface area contributed by atoms with Gasteiger partial charge in [0.25, 0.3) is 0 Å². The number of hydrogen-bond acceptors (Lipinski definition) is 5. The Morgan fingerprint density at radius 1 is 1.03 bits per heavy atom. The Morgan fingerprint density at radius 3 is 2.40 bits per heavy atom. The minimum atomic E-state index is -4.97. The fourth-order valence-electron chi connectivity index (χ4n) is 2.41. The zero-order valence-corrected chi connectivity index (χ0v) is 16.3. The van der Waals surface area contributed by atoms with E-state index in [1.165, 1.54) is 11.9 Å². The summed E-state index contributed by atoms with van der Waals surface area (Å²) < 4.78 is 86.4. The molecule has 5 nitrogen and oxygen atoms in total. The lowest BCUT2D eigenvalue weighted by Gasteiger charge is -2.20. The van der Waals surface area contributed by atoms with E-state index in [0.29, 0.717) is 24.2 Å². The molecule has 0 amide bonds. The van der Waals surface area contributed by atoms with Crippen molar-refractivity contribution in [1.29, 1.82) is 0 Å². The van der Waals surface area contributed by atoms with Crippen LogP contribution in [0.2, 0.25) is 0 Å². The second-order valence-corrected chi connectivity index (χ2v) is 6.40. The molecule has 11 heteroatoms. The molecule has 0 atom stereocenters. The highest BCUT2D eigenvalue weighted by atomic mass is 19.4. The first-order valence-corrected chi connectivity index (χ1v) is 9.11. The predicted octanol–water partition coefficient (Wildman–Crippen LogP) is 5.77. The van der Waals surface area contributed by atoms with E-state index in [9.17, 15) is 26.3 Å². The van der Waals surface area contributed by atoms with Crippen molar-refractivity contribution in [3.05, 3.63) is 36.0 Å². The van der Waals surface area contributed by atoms with Crippen molar-refractivity contribution in [2.75, 3.05) is 25.2 Å². The van der Waals surface area contributed by atoms with Crippen LogP contribution in [0.1, 0.15) is 31.7 Å². The van der Waals surface area contributed by atoms with Crippen LogP contribution in [0, 0.1) is 0 Å². The largest absolute Gasteiger partial charge is 0.494 e. The van der Waals surface area contributed by atoms with Crippen LogP contribution in [0.5, 0.6) is 11.6 Å². The third-order valence-corrected chi connectivity index (χ3v) is 3.94. The fraction of sp³-hybridized carbons (Fsp3) is 0.474. The summed E-state index contributed by atoms with van der Waals surface area (Å²) in [5.74, 6) is -0.914. The monoisotopic (exact) mass is 437 g/mol. The molecule has 2 aromatic rings. The highest BCUT2D eigenvalue weighted by Gasteiger charge is 2.38. The second-order valence-electron chi connectivity index (χ2n) is 6.40. The summed E-state index contributed by atoms with van der Waals surface area (Å²) in [6.45, 7) is 0.664. The van der Waals surface area contributed by atoms with Crippen LogP contribution in [-0.2, 0) is 6.18 Å². The molecule has 0 radical (unpaired) electrons. The first-order chi connectivity index (χ1) is 14.0. The Hall–Kier alpha value is -2.72. The number of alkyl halides is 6. The Morgan fingerprint density at radius 2 is 1.77 bits per heavy atom. The molecule has 1 heterocycles. The van der Waals surface area contributed by atoms with Crippen LogP contribution >= 0.6 is 0 Å². The lowest BCUT2D eigenvalue weighted by Crippen LogP contribution is -2.23. The van der Waals surface area contributed by atoms with Crippen molar-refractivity contribution in [1.82, 2.24) is 9.97 Å². The Kier molecular flexibility index (Phi) is 7.74. The maximum absolute atomic E-state index is 13.1. The van der Waals surface area contributed by atoms with Crippen LogP contribution in [0.4, 0.5) is 38.0 Å². The molecular weight excluding hydrogens is 416 g/mol. The number of halogens is 6. The number of benzene rings is 1. The van der Waals surface area contributed by atoms with Gasteiger partial charge in [-0.05, 0) is 18.6 Å². The summed E-state index contributed by atoms with van der Waals surface area (Å²) in [5, 5.41) is 0. The van der Waals surface area contributed by atoms with E-state index in [0.717, 1.165) is 19.3 Å². The standard InChI is InChI=1S/C19H21F6N3O2/c1-3-4-5-9-29-14-8-6-7-13(10-14)28(2)17-26-11-15(19(23,24)25)16(27-17)30-12-18(20,21)22/h6-8,10-11H,3-5,9,12H2,1-2H3. The van der Waals surface area contributed by atoms with Gasteiger partial charge in [-0.1, -0.05) is 25.8 Å². The van der Waals surface area contributed by atoms with E-state index < -0.39 is 30.4 Å². The molecule has 0 saturated heterocycles. The highest BCUT2D eigenvalue weighted by Crippen LogP contribution is 2.36. The zero-order chi connectivity index (χ0) is 22.4. The zero-order valence-electron chi connectivity index (χ0n) is 16.3. The number of hydrogen-bond donors (Lipinski definition) is 0. The van der Waals surface area contributed by atoms with Gasteiger partial charge in [-0.15, -0.1) is 0 Å². The van der Waals surface area contributed by atoms with Crippen molar-refractivity contribution >= 4 is 11.6 Å². The summed E-state index contributed by atoms with van der Waals surface area (Å²) in [5.41, 5.74) is -1.01. The van der Waals surface area contributed by atoms with Gasteiger partial charge in [-0.3, -0.25) is 0 Å². The van der Waals surface area contributed by atoms with Crippen LogP contribution in [-0.4, -0.2) is 36.4 Å².